The van der Waals surface area contributed by atoms with Gasteiger partial charge in [0.2, 0.25) is 0 Å². The third-order valence-electron chi connectivity index (χ3n) is 1.19. The van der Waals surface area contributed by atoms with Crippen molar-refractivity contribution in [1.82, 2.24) is 5.32 Å². The van der Waals surface area contributed by atoms with Crippen molar-refractivity contribution in [3.05, 3.63) is 12.7 Å². The van der Waals surface area contributed by atoms with E-state index in [1.807, 2.05) is 6.08 Å². The van der Waals surface area contributed by atoms with Gasteiger partial charge in [-0.1, -0.05) is 19.9 Å². The number of hydrogen-bond donors (Lipinski definition) is 1. The van der Waals surface area contributed by atoms with E-state index in [9.17, 15) is 0 Å². The van der Waals surface area contributed by atoms with Crippen LogP contribution in [0, 0.1) is 0 Å². The van der Waals surface area contributed by atoms with Crippen LogP contribution in [-0.4, -0.2) is 12.6 Å². The van der Waals surface area contributed by atoms with Gasteiger partial charge in [0.25, 0.3) is 0 Å². The van der Waals surface area contributed by atoms with Crippen molar-refractivity contribution in [2.75, 3.05) is 6.54 Å². The Hall–Kier alpha value is -0.0100. The molecule has 0 heterocycles. The van der Waals surface area contributed by atoms with Gasteiger partial charge in [-0.05, 0) is 13.0 Å². The zero-order chi connectivity index (χ0) is 6.41. The van der Waals surface area contributed by atoms with Gasteiger partial charge in [0, 0.05) is 6.04 Å². The van der Waals surface area contributed by atoms with Crippen LogP contribution in [0.4, 0.5) is 0 Å². The Morgan fingerprint density at radius 2 is 2.11 bits per heavy atom. The van der Waals surface area contributed by atoms with Gasteiger partial charge in [-0.3, -0.25) is 0 Å². The normalized spacial score (nSPS) is 11.8. The highest BCUT2D eigenvalue weighted by Gasteiger charge is 1.93. The molecular weight excluding hydrogens is 134 g/mol. The molecule has 1 atom stereocenters. The average molecular weight is 150 g/mol. The lowest BCUT2D eigenvalue weighted by Crippen LogP contribution is -2.25. The molecule has 0 fully saturated rings. The molecule has 0 aromatic heterocycles. The number of hydrogen-bond acceptors (Lipinski definition) is 1. The second-order valence-electron chi connectivity index (χ2n) is 1.81. The molecule has 2 heteroatoms. The molecule has 0 aromatic carbocycles. The fourth-order valence-corrected chi connectivity index (χ4v) is 0.657. The molecule has 0 aromatic rings. The van der Waals surface area contributed by atoms with E-state index in [-0.39, 0.29) is 12.4 Å². The summed E-state index contributed by atoms with van der Waals surface area (Å²) in [6, 6.07) is 0.514. The summed E-state index contributed by atoms with van der Waals surface area (Å²) in [6.07, 6.45) is 3.08. The van der Waals surface area contributed by atoms with E-state index in [1.54, 1.807) is 0 Å². The Kier molecular flexibility index (Phi) is 10.4. The summed E-state index contributed by atoms with van der Waals surface area (Å²) in [6.45, 7) is 8.97. The minimum absolute atomic E-state index is 0. The summed E-state index contributed by atoms with van der Waals surface area (Å²) < 4.78 is 0. The zero-order valence-corrected chi connectivity index (χ0v) is 7.00. The summed E-state index contributed by atoms with van der Waals surface area (Å²) >= 11 is 0. The lowest BCUT2D eigenvalue weighted by Gasteiger charge is -2.08. The molecule has 0 saturated carbocycles. The molecular formula is C7H16ClN. The van der Waals surface area contributed by atoms with E-state index in [4.69, 9.17) is 0 Å². The summed E-state index contributed by atoms with van der Waals surface area (Å²) in [7, 11) is 0. The number of halogens is 1. The molecule has 0 spiro atoms. The van der Waals surface area contributed by atoms with Crippen LogP contribution in [0.25, 0.3) is 0 Å². The second-order valence-corrected chi connectivity index (χ2v) is 1.81. The van der Waals surface area contributed by atoms with Crippen molar-refractivity contribution in [1.29, 1.82) is 0 Å². The SMILES string of the molecule is C=CC(CC)NCC.Cl. The Morgan fingerprint density at radius 1 is 1.56 bits per heavy atom. The van der Waals surface area contributed by atoms with E-state index in [0.29, 0.717) is 6.04 Å². The fourth-order valence-electron chi connectivity index (χ4n) is 0.657. The van der Waals surface area contributed by atoms with E-state index in [2.05, 4.69) is 25.7 Å². The molecule has 56 valence electrons. The largest absolute Gasteiger partial charge is 0.311 e. The summed E-state index contributed by atoms with van der Waals surface area (Å²) in [5, 5.41) is 3.26. The fraction of sp³-hybridized carbons (Fsp3) is 0.714. The molecule has 0 aliphatic heterocycles. The van der Waals surface area contributed by atoms with Crippen LogP contribution in [-0.2, 0) is 0 Å². The molecule has 1 unspecified atom stereocenters. The predicted octanol–water partition coefficient (Wildman–Crippen LogP) is 1.98. The van der Waals surface area contributed by atoms with Gasteiger partial charge >= 0.3 is 0 Å². The standard InChI is InChI=1S/C7H15N.ClH/c1-4-7(5-2)8-6-3;/h4,7-8H,1,5-6H2,2-3H3;1H. The van der Waals surface area contributed by atoms with Crippen LogP contribution in [0.5, 0.6) is 0 Å². The van der Waals surface area contributed by atoms with Gasteiger partial charge in [0.1, 0.15) is 0 Å². The first-order chi connectivity index (χ1) is 3.85. The first-order valence-electron chi connectivity index (χ1n) is 3.21. The molecule has 1 nitrogen and oxygen atoms in total. The van der Waals surface area contributed by atoms with Crippen LogP contribution in [0.1, 0.15) is 20.3 Å². The molecule has 0 amide bonds. The highest BCUT2D eigenvalue weighted by atomic mass is 35.5. The Bertz CT molecular complexity index is 63.9. The van der Waals surface area contributed by atoms with Crippen LogP contribution < -0.4 is 5.32 Å². The van der Waals surface area contributed by atoms with Gasteiger partial charge in [-0.15, -0.1) is 19.0 Å². The molecule has 0 saturated heterocycles. The molecule has 0 rings (SSSR count). The number of nitrogens with one attached hydrogen (secondary N) is 1. The van der Waals surface area contributed by atoms with E-state index in [1.165, 1.54) is 0 Å². The van der Waals surface area contributed by atoms with E-state index < -0.39 is 0 Å². The Labute approximate surface area is 63.9 Å². The number of likely N-dealkylation sites (N-methyl/N-ethyl adjacent to an activating group) is 1. The average Bonchev–Trinajstić information content (AvgIpc) is 1.83. The minimum Gasteiger partial charge on any atom is -0.311 e. The number of rotatable bonds is 4. The van der Waals surface area contributed by atoms with Crippen LogP contribution in [0.2, 0.25) is 0 Å². The third-order valence-corrected chi connectivity index (χ3v) is 1.19. The Balaban J connectivity index is 0. The summed E-state index contributed by atoms with van der Waals surface area (Å²) in [4.78, 5) is 0. The summed E-state index contributed by atoms with van der Waals surface area (Å²) in [5.41, 5.74) is 0. The van der Waals surface area contributed by atoms with E-state index in [0.717, 1.165) is 13.0 Å². The maximum atomic E-state index is 3.69. The quantitative estimate of drug-likeness (QED) is 0.603. The van der Waals surface area contributed by atoms with Gasteiger partial charge in [-0.2, -0.15) is 0 Å². The second kappa shape index (κ2) is 7.99. The van der Waals surface area contributed by atoms with Crippen LogP contribution >= 0.6 is 12.4 Å². The van der Waals surface area contributed by atoms with Crippen LogP contribution in [0.15, 0.2) is 12.7 Å². The topological polar surface area (TPSA) is 12.0 Å². The minimum atomic E-state index is 0. The molecule has 0 aliphatic rings. The predicted molar refractivity (Wildman–Crippen MR) is 45.2 cm³/mol. The molecule has 1 N–H and O–H groups in total. The van der Waals surface area contributed by atoms with Gasteiger partial charge in [0.05, 0.1) is 0 Å². The van der Waals surface area contributed by atoms with Gasteiger partial charge in [0.15, 0.2) is 0 Å². The van der Waals surface area contributed by atoms with Crippen molar-refractivity contribution in [3.8, 4) is 0 Å². The van der Waals surface area contributed by atoms with Crippen LogP contribution in [0.3, 0.4) is 0 Å². The first kappa shape index (κ1) is 11.7. The zero-order valence-electron chi connectivity index (χ0n) is 6.18. The lowest BCUT2D eigenvalue weighted by atomic mass is 10.2. The highest BCUT2D eigenvalue weighted by molar-refractivity contribution is 5.85. The molecule has 0 aliphatic carbocycles. The highest BCUT2D eigenvalue weighted by Crippen LogP contribution is 1.88. The first-order valence-corrected chi connectivity index (χ1v) is 3.21. The van der Waals surface area contributed by atoms with Crippen molar-refractivity contribution in [3.63, 3.8) is 0 Å². The van der Waals surface area contributed by atoms with Gasteiger partial charge < -0.3 is 5.32 Å². The monoisotopic (exact) mass is 149 g/mol. The van der Waals surface area contributed by atoms with Gasteiger partial charge in [-0.25, -0.2) is 0 Å². The molecule has 0 radical (unpaired) electrons. The maximum absolute atomic E-state index is 3.69. The summed E-state index contributed by atoms with van der Waals surface area (Å²) in [5.74, 6) is 0. The van der Waals surface area contributed by atoms with Crippen molar-refractivity contribution < 1.29 is 0 Å². The maximum Gasteiger partial charge on any atom is 0.0244 e. The Morgan fingerprint density at radius 3 is 2.22 bits per heavy atom. The smallest absolute Gasteiger partial charge is 0.0244 e. The van der Waals surface area contributed by atoms with E-state index >= 15 is 0 Å². The lowest BCUT2D eigenvalue weighted by molar-refractivity contribution is 0.600. The van der Waals surface area contributed by atoms with Crippen molar-refractivity contribution in [2.24, 2.45) is 0 Å². The van der Waals surface area contributed by atoms with Crippen molar-refractivity contribution >= 4 is 12.4 Å². The third kappa shape index (κ3) is 5.87. The van der Waals surface area contributed by atoms with Crippen molar-refractivity contribution in [2.45, 2.75) is 26.3 Å². The molecule has 9 heavy (non-hydrogen) atoms. The molecule has 0 bridgehead atoms.